The van der Waals surface area contributed by atoms with E-state index in [0.29, 0.717) is 13.1 Å². The minimum absolute atomic E-state index is 0.0614. The molecule has 6 heteroatoms. The molecule has 0 radical (unpaired) electrons. The molecule has 0 N–H and O–H groups in total. The van der Waals surface area contributed by atoms with Crippen LogP contribution in [0.1, 0.15) is 23.5 Å². The summed E-state index contributed by atoms with van der Waals surface area (Å²) in [5.74, 6) is 0.0614. The van der Waals surface area contributed by atoms with E-state index in [0.717, 1.165) is 25.8 Å². The standard InChI is InChI=1S/C20H22ClN3OS/c1-14(20-22-17-10-6-7-11-18(17)26-20)24(3)19(25)13-23(2)12-15-8-4-5-9-16(15)21/h4-11,14H,12-13H2,1-3H3/t14-/m1/s1. The molecule has 2 aromatic carbocycles. The molecule has 136 valence electrons. The number of hydrogen-bond donors (Lipinski definition) is 0. The molecule has 0 saturated carbocycles. The van der Waals surface area contributed by atoms with Gasteiger partial charge >= 0.3 is 0 Å². The number of hydrogen-bond acceptors (Lipinski definition) is 4. The number of halogens is 1. The second kappa shape index (κ2) is 8.16. The summed E-state index contributed by atoms with van der Waals surface area (Å²) in [5, 5.41) is 1.68. The monoisotopic (exact) mass is 387 g/mol. The predicted octanol–water partition coefficient (Wildman–Crippen LogP) is 4.60. The van der Waals surface area contributed by atoms with Crippen LogP contribution in [-0.4, -0.2) is 41.3 Å². The molecule has 26 heavy (non-hydrogen) atoms. The van der Waals surface area contributed by atoms with Gasteiger partial charge in [-0.05, 0) is 37.7 Å². The van der Waals surface area contributed by atoms with Crippen molar-refractivity contribution in [3.05, 3.63) is 64.1 Å². The third-order valence-electron chi connectivity index (χ3n) is 4.45. The molecule has 3 rings (SSSR count). The zero-order valence-corrected chi connectivity index (χ0v) is 16.7. The number of thiazole rings is 1. The summed E-state index contributed by atoms with van der Waals surface area (Å²) >= 11 is 7.85. The number of fused-ring (bicyclic) bond motifs is 1. The second-order valence-corrected chi connectivity index (χ2v) is 7.93. The zero-order chi connectivity index (χ0) is 18.7. The number of nitrogens with zero attached hydrogens (tertiary/aromatic N) is 3. The Morgan fingerprint density at radius 2 is 1.85 bits per heavy atom. The molecule has 1 atom stereocenters. The van der Waals surface area contributed by atoms with Crippen molar-refractivity contribution >= 4 is 39.1 Å². The maximum Gasteiger partial charge on any atom is 0.237 e. The Morgan fingerprint density at radius 3 is 2.58 bits per heavy atom. The van der Waals surface area contributed by atoms with Gasteiger partial charge < -0.3 is 4.90 Å². The van der Waals surface area contributed by atoms with Crippen LogP contribution in [0.3, 0.4) is 0 Å². The Labute approximate surface area is 163 Å². The Morgan fingerprint density at radius 1 is 1.15 bits per heavy atom. The van der Waals surface area contributed by atoms with Gasteiger partial charge in [0.05, 0.1) is 22.8 Å². The quantitative estimate of drug-likeness (QED) is 0.620. The Kier molecular flexibility index (Phi) is 5.91. The van der Waals surface area contributed by atoms with Crippen LogP contribution in [0.5, 0.6) is 0 Å². The fraction of sp³-hybridized carbons (Fsp3) is 0.300. The molecule has 0 aliphatic heterocycles. The van der Waals surface area contributed by atoms with E-state index in [-0.39, 0.29) is 11.9 Å². The first-order valence-electron chi connectivity index (χ1n) is 8.49. The topological polar surface area (TPSA) is 36.4 Å². The Hall–Kier alpha value is -1.95. The molecule has 1 amide bonds. The van der Waals surface area contributed by atoms with E-state index in [1.54, 1.807) is 16.2 Å². The normalized spacial score (nSPS) is 12.5. The molecule has 1 heterocycles. The van der Waals surface area contributed by atoms with E-state index in [9.17, 15) is 4.79 Å². The van der Waals surface area contributed by atoms with Crippen molar-refractivity contribution in [2.45, 2.75) is 19.5 Å². The average molecular weight is 388 g/mol. The minimum atomic E-state index is -0.0615. The number of carbonyl (C=O) groups excluding carboxylic acids is 1. The largest absolute Gasteiger partial charge is 0.335 e. The van der Waals surface area contributed by atoms with E-state index in [2.05, 4.69) is 11.1 Å². The Balaban J connectivity index is 1.64. The first-order chi connectivity index (χ1) is 12.5. The van der Waals surface area contributed by atoms with Crippen molar-refractivity contribution in [3.8, 4) is 0 Å². The summed E-state index contributed by atoms with van der Waals surface area (Å²) in [7, 11) is 3.76. The van der Waals surface area contributed by atoms with Crippen LogP contribution in [0.15, 0.2) is 48.5 Å². The number of para-hydroxylation sites is 1. The van der Waals surface area contributed by atoms with Gasteiger partial charge in [-0.2, -0.15) is 0 Å². The summed E-state index contributed by atoms with van der Waals surface area (Å²) in [4.78, 5) is 21.1. The van der Waals surface area contributed by atoms with Crippen molar-refractivity contribution in [3.63, 3.8) is 0 Å². The van der Waals surface area contributed by atoms with E-state index in [1.165, 1.54) is 0 Å². The first kappa shape index (κ1) is 18.8. The van der Waals surface area contributed by atoms with Crippen LogP contribution in [0, 0.1) is 0 Å². The number of rotatable bonds is 6. The van der Waals surface area contributed by atoms with Crippen molar-refractivity contribution < 1.29 is 4.79 Å². The van der Waals surface area contributed by atoms with Gasteiger partial charge in [-0.15, -0.1) is 11.3 Å². The Bertz CT molecular complexity index is 878. The van der Waals surface area contributed by atoms with Crippen LogP contribution in [0.4, 0.5) is 0 Å². The summed E-state index contributed by atoms with van der Waals surface area (Å²) in [6, 6.07) is 15.7. The van der Waals surface area contributed by atoms with E-state index in [1.807, 2.05) is 68.4 Å². The summed E-state index contributed by atoms with van der Waals surface area (Å²) < 4.78 is 1.14. The fourth-order valence-corrected chi connectivity index (χ4v) is 4.02. The van der Waals surface area contributed by atoms with Crippen molar-refractivity contribution in [1.29, 1.82) is 0 Å². The van der Waals surface area contributed by atoms with Gasteiger partial charge in [0.15, 0.2) is 0 Å². The van der Waals surface area contributed by atoms with Gasteiger partial charge in [0.2, 0.25) is 5.91 Å². The molecule has 0 unspecified atom stereocenters. The van der Waals surface area contributed by atoms with Gasteiger partial charge in [0.25, 0.3) is 0 Å². The lowest BCUT2D eigenvalue weighted by atomic mass is 10.2. The van der Waals surface area contributed by atoms with Gasteiger partial charge in [0, 0.05) is 18.6 Å². The number of benzene rings is 2. The molecular formula is C20H22ClN3OS. The number of carbonyl (C=O) groups is 1. The van der Waals surface area contributed by atoms with Crippen LogP contribution in [0.2, 0.25) is 5.02 Å². The summed E-state index contributed by atoms with van der Waals surface area (Å²) in [6.07, 6.45) is 0. The van der Waals surface area contributed by atoms with Crippen molar-refractivity contribution in [2.24, 2.45) is 0 Å². The minimum Gasteiger partial charge on any atom is -0.335 e. The second-order valence-electron chi connectivity index (χ2n) is 6.46. The van der Waals surface area contributed by atoms with E-state index < -0.39 is 0 Å². The smallest absolute Gasteiger partial charge is 0.237 e. The van der Waals surface area contributed by atoms with Crippen LogP contribution >= 0.6 is 22.9 Å². The van der Waals surface area contributed by atoms with Crippen LogP contribution < -0.4 is 0 Å². The highest BCUT2D eigenvalue weighted by molar-refractivity contribution is 7.18. The molecule has 0 spiro atoms. The first-order valence-corrected chi connectivity index (χ1v) is 9.68. The number of amides is 1. The maximum atomic E-state index is 12.7. The molecule has 0 saturated heterocycles. The third-order valence-corrected chi connectivity index (χ3v) is 6.02. The van der Waals surface area contributed by atoms with Gasteiger partial charge in [-0.25, -0.2) is 4.98 Å². The van der Waals surface area contributed by atoms with Gasteiger partial charge in [-0.3, -0.25) is 9.69 Å². The van der Waals surface area contributed by atoms with Crippen molar-refractivity contribution in [1.82, 2.24) is 14.8 Å². The highest BCUT2D eigenvalue weighted by Gasteiger charge is 2.21. The van der Waals surface area contributed by atoms with Gasteiger partial charge in [-0.1, -0.05) is 41.9 Å². The predicted molar refractivity (Wildman–Crippen MR) is 109 cm³/mol. The number of aromatic nitrogens is 1. The van der Waals surface area contributed by atoms with E-state index in [4.69, 9.17) is 11.6 Å². The highest BCUT2D eigenvalue weighted by atomic mass is 35.5. The molecule has 4 nitrogen and oxygen atoms in total. The van der Waals surface area contributed by atoms with Crippen LogP contribution in [0.25, 0.3) is 10.2 Å². The van der Waals surface area contributed by atoms with E-state index >= 15 is 0 Å². The maximum absolute atomic E-state index is 12.7. The molecular weight excluding hydrogens is 366 g/mol. The molecule has 1 aromatic heterocycles. The fourth-order valence-electron chi connectivity index (χ4n) is 2.77. The molecule has 0 aliphatic rings. The zero-order valence-electron chi connectivity index (χ0n) is 15.1. The highest BCUT2D eigenvalue weighted by Crippen LogP contribution is 2.28. The van der Waals surface area contributed by atoms with Crippen molar-refractivity contribution in [2.75, 3.05) is 20.6 Å². The lowest BCUT2D eigenvalue weighted by Gasteiger charge is -2.26. The molecule has 0 bridgehead atoms. The summed E-state index contributed by atoms with van der Waals surface area (Å²) in [5.41, 5.74) is 2.00. The summed E-state index contributed by atoms with van der Waals surface area (Å²) in [6.45, 7) is 2.98. The van der Waals surface area contributed by atoms with Crippen LogP contribution in [-0.2, 0) is 11.3 Å². The lowest BCUT2D eigenvalue weighted by molar-refractivity contribution is -0.132. The molecule has 0 aliphatic carbocycles. The average Bonchev–Trinajstić information content (AvgIpc) is 3.06. The van der Waals surface area contributed by atoms with Gasteiger partial charge in [0.1, 0.15) is 5.01 Å². The molecule has 3 aromatic rings. The molecule has 0 fully saturated rings. The number of likely N-dealkylation sites (N-methyl/N-ethyl adjacent to an activating group) is 2. The SMILES string of the molecule is C[C@H](c1nc2ccccc2s1)N(C)C(=O)CN(C)Cc1ccccc1Cl. The lowest BCUT2D eigenvalue weighted by Crippen LogP contribution is -2.37. The third kappa shape index (κ3) is 4.23.